The van der Waals surface area contributed by atoms with Gasteiger partial charge in [-0.15, -0.1) is 0 Å². The maximum atomic E-state index is 12.7. The van der Waals surface area contributed by atoms with Gasteiger partial charge in [-0.3, -0.25) is 4.79 Å². The third-order valence-corrected chi connectivity index (χ3v) is 6.45. The molecule has 3 aromatic rings. The van der Waals surface area contributed by atoms with E-state index in [0.29, 0.717) is 23.9 Å². The minimum absolute atomic E-state index is 0.220. The van der Waals surface area contributed by atoms with E-state index in [-0.39, 0.29) is 11.4 Å². The molecule has 0 saturated heterocycles. The number of benzene rings is 1. The van der Waals surface area contributed by atoms with E-state index in [1.807, 2.05) is 35.2 Å². The van der Waals surface area contributed by atoms with Crippen LogP contribution in [0.25, 0.3) is 11.0 Å². The van der Waals surface area contributed by atoms with Gasteiger partial charge in [0.05, 0.1) is 22.1 Å². The number of carbonyl (C=O) groups is 1. The van der Waals surface area contributed by atoms with E-state index in [9.17, 15) is 4.79 Å². The summed E-state index contributed by atoms with van der Waals surface area (Å²) in [4.78, 5) is 12.7. The summed E-state index contributed by atoms with van der Waals surface area (Å²) >= 11 is 6.64. The Balaban J connectivity index is 1.49. The third kappa shape index (κ3) is 3.25. The van der Waals surface area contributed by atoms with Crippen molar-refractivity contribution in [3.05, 3.63) is 65.4 Å². The van der Waals surface area contributed by atoms with Gasteiger partial charge in [-0.25, -0.2) is 0 Å². The van der Waals surface area contributed by atoms with E-state index in [4.69, 9.17) is 16.0 Å². The zero-order chi connectivity index (χ0) is 20.7. The summed E-state index contributed by atoms with van der Waals surface area (Å²) in [5, 5.41) is 11.2. The SMILES string of the molecule is C=C1Nc2c(Cl)cc3cc(C(=O)NCCn4cccc4)oc3c2C2(CCCCC2)N1. The molecule has 7 heteroatoms. The highest BCUT2D eigenvalue weighted by atomic mass is 35.5. The molecule has 1 aliphatic heterocycles. The Morgan fingerprint density at radius 1 is 1.23 bits per heavy atom. The van der Waals surface area contributed by atoms with Crippen LogP contribution in [0.4, 0.5) is 5.69 Å². The van der Waals surface area contributed by atoms with Gasteiger partial charge >= 0.3 is 0 Å². The van der Waals surface area contributed by atoms with Crippen LogP contribution in [0.1, 0.15) is 48.2 Å². The normalized spacial score (nSPS) is 17.4. The molecule has 0 bridgehead atoms. The fourth-order valence-corrected chi connectivity index (χ4v) is 5.07. The van der Waals surface area contributed by atoms with Crippen molar-refractivity contribution in [3.8, 4) is 0 Å². The van der Waals surface area contributed by atoms with Crippen molar-refractivity contribution in [2.24, 2.45) is 0 Å². The van der Waals surface area contributed by atoms with Gasteiger partial charge in [0, 0.05) is 36.4 Å². The van der Waals surface area contributed by atoms with Crippen LogP contribution in [0.2, 0.25) is 5.02 Å². The number of furan rings is 1. The number of hydrogen-bond acceptors (Lipinski definition) is 4. The van der Waals surface area contributed by atoms with Gasteiger partial charge in [-0.05, 0) is 37.1 Å². The lowest BCUT2D eigenvalue weighted by atomic mass is 9.74. The molecule has 5 rings (SSSR count). The molecular formula is C23H25ClN4O2. The lowest BCUT2D eigenvalue weighted by Gasteiger charge is -2.44. The van der Waals surface area contributed by atoms with E-state index in [0.717, 1.165) is 53.7 Å². The first-order valence-electron chi connectivity index (χ1n) is 10.5. The fraction of sp³-hybridized carbons (Fsp3) is 0.348. The van der Waals surface area contributed by atoms with Gasteiger partial charge in [-0.2, -0.15) is 0 Å². The Morgan fingerprint density at radius 3 is 2.77 bits per heavy atom. The monoisotopic (exact) mass is 424 g/mol. The van der Waals surface area contributed by atoms with Crippen LogP contribution in [-0.2, 0) is 12.1 Å². The second-order valence-corrected chi connectivity index (χ2v) is 8.59. The van der Waals surface area contributed by atoms with Crippen molar-refractivity contribution < 1.29 is 9.21 Å². The van der Waals surface area contributed by atoms with Crippen LogP contribution >= 0.6 is 11.6 Å². The molecule has 1 amide bonds. The van der Waals surface area contributed by atoms with Crippen molar-refractivity contribution in [2.75, 3.05) is 11.9 Å². The summed E-state index contributed by atoms with van der Waals surface area (Å²) in [6.07, 6.45) is 9.38. The van der Waals surface area contributed by atoms with Crippen LogP contribution in [0.15, 0.2) is 53.5 Å². The topological polar surface area (TPSA) is 71.2 Å². The number of nitrogens with one attached hydrogen (secondary N) is 3. The van der Waals surface area contributed by atoms with E-state index in [1.165, 1.54) is 6.42 Å². The Kier molecular flexibility index (Phi) is 4.74. The Labute approximate surface area is 180 Å². The number of rotatable bonds is 4. The largest absolute Gasteiger partial charge is 0.450 e. The number of carbonyl (C=O) groups excluding carboxylic acids is 1. The third-order valence-electron chi connectivity index (χ3n) is 6.16. The predicted molar refractivity (Wildman–Crippen MR) is 119 cm³/mol. The first kappa shape index (κ1) is 19.1. The van der Waals surface area contributed by atoms with Gasteiger partial charge < -0.3 is 24.9 Å². The number of halogens is 1. The molecule has 0 atom stereocenters. The summed E-state index contributed by atoms with van der Waals surface area (Å²) in [6.45, 7) is 5.33. The van der Waals surface area contributed by atoms with Crippen molar-refractivity contribution in [1.29, 1.82) is 0 Å². The Hall–Kier alpha value is -2.86. The average molecular weight is 425 g/mol. The number of aromatic nitrogens is 1. The number of hydrogen-bond donors (Lipinski definition) is 3. The molecule has 1 spiro atoms. The van der Waals surface area contributed by atoms with Crippen LogP contribution in [0.5, 0.6) is 0 Å². The maximum absolute atomic E-state index is 12.7. The summed E-state index contributed by atoms with van der Waals surface area (Å²) in [5.41, 5.74) is 2.31. The van der Waals surface area contributed by atoms with Gasteiger partial charge in [-0.1, -0.05) is 37.4 Å². The Bertz CT molecular complexity index is 1110. The van der Waals surface area contributed by atoms with Gasteiger partial charge in [0.25, 0.3) is 5.91 Å². The molecule has 0 unspecified atom stereocenters. The number of amides is 1. The molecule has 2 aromatic heterocycles. The second-order valence-electron chi connectivity index (χ2n) is 8.19. The quantitative estimate of drug-likeness (QED) is 0.553. The summed E-state index contributed by atoms with van der Waals surface area (Å²) in [7, 11) is 0. The number of anilines is 1. The first-order chi connectivity index (χ1) is 14.6. The molecule has 1 saturated carbocycles. The van der Waals surface area contributed by atoms with Crippen molar-refractivity contribution in [3.63, 3.8) is 0 Å². The molecule has 1 aromatic carbocycles. The first-order valence-corrected chi connectivity index (χ1v) is 10.8. The van der Waals surface area contributed by atoms with Crippen molar-refractivity contribution in [1.82, 2.24) is 15.2 Å². The van der Waals surface area contributed by atoms with E-state index in [2.05, 4.69) is 22.5 Å². The molecule has 6 nitrogen and oxygen atoms in total. The molecule has 156 valence electrons. The summed E-state index contributed by atoms with van der Waals surface area (Å²) < 4.78 is 8.17. The van der Waals surface area contributed by atoms with Gasteiger partial charge in [0.1, 0.15) is 5.58 Å². The summed E-state index contributed by atoms with van der Waals surface area (Å²) in [5.74, 6) is 0.833. The second kappa shape index (κ2) is 7.43. The maximum Gasteiger partial charge on any atom is 0.287 e. The van der Waals surface area contributed by atoms with Crippen LogP contribution in [-0.4, -0.2) is 17.0 Å². The zero-order valence-electron chi connectivity index (χ0n) is 16.8. The average Bonchev–Trinajstić information content (AvgIpc) is 3.38. The molecule has 3 N–H and O–H groups in total. The van der Waals surface area contributed by atoms with Crippen LogP contribution < -0.4 is 16.0 Å². The predicted octanol–water partition coefficient (Wildman–Crippen LogP) is 4.96. The number of nitrogens with zero attached hydrogens (tertiary/aromatic N) is 1. The van der Waals surface area contributed by atoms with Gasteiger partial charge in [0.15, 0.2) is 5.76 Å². The van der Waals surface area contributed by atoms with E-state index < -0.39 is 0 Å². The molecule has 0 radical (unpaired) electrons. The Morgan fingerprint density at radius 2 is 2.00 bits per heavy atom. The smallest absolute Gasteiger partial charge is 0.287 e. The minimum atomic E-state index is -0.265. The molecular weight excluding hydrogens is 400 g/mol. The van der Waals surface area contributed by atoms with E-state index >= 15 is 0 Å². The molecule has 30 heavy (non-hydrogen) atoms. The molecule has 1 fully saturated rings. The summed E-state index contributed by atoms with van der Waals surface area (Å²) in [6, 6.07) is 7.57. The number of fused-ring (bicyclic) bond motifs is 4. The standard InChI is InChI=1S/C23H25ClN4O2/c1-15-26-20-17(24)13-16-14-18(22(29)25-9-12-28-10-5-6-11-28)30-21(16)19(20)23(27-15)7-3-2-4-8-23/h5-6,10-11,13-14,26-27H,1-4,7-9,12H2,(H,25,29). The highest BCUT2D eigenvalue weighted by Crippen LogP contribution is 2.49. The molecule has 2 aliphatic rings. The van der Waals surface area contributed by atoms with Crippen LogP contribution in [0.3, 0.4) is 0 Å². The molecule has 1 aliphatic carbocycles. The van der Waals surface area contributed by atoms with E-state index in [1.54, 1.807) is 6.07 Å². The fourth-order valence-electron chi connectivity index (χ4n) is 4.81. The lowest BCUT2D eigenvalue weighted by Crippen LogP contribution is -2.48. The highest BCUT2D eigenvalue weighted by molar-refractivity contribution is 6.34. The highest BCUT2D eigenvalue weighted by Gasteiger charge is 2.42. The molecule has 3 heterocycles. The van der Waals surface area contributed by atoms with Crippen LogP contribution in [0, 0.1) is 0 Å². The zero-order valence-corrected chi connectivity index (χ0v) is 17.5. The van der Waals surface area contributed by atoms with Crippen molar-refractivity contribution in [2.45, 2.75) is 44.2 Å². The lowest BCUT2D eigenvalue weighted by molar-refractivity contribution is 0.0926. The van der Waals surface area contributed by atoms with Crippen molar-refractivity contribution >= 4 is 34.2 Å². The minimum Gasteiger partial charge on any atom is -0.450 e. The van der Waals surface area contributed by atoms with Gasteiger partial charge in [0.2, 0.25) is 0 Å².